The Morgan fingerprint density at radius 1 is 0.380 bits per heavy atom. The standard InChI is InChI=1S/C45H27N3OS/c1-3-12-28(13-4-1)30-16-9-17-32(26-30)44-46-43(29-14-5-2-6-15-29)47-45(48-44)37-21-10-20-36-41-33(19-11-22-38(41)49-42(36)37)31-24-25-35-34-18-7-8-23-39(34)50-40(35)27-31/h1-27H. The van der Waals surface area contributed by atoms with Crippen LogP contribution in [-0.4, -0.2) is 15.0 Å². The first kappa shape index (κ1) is 28.6. The Labute approximate surface area is 292 Å². The maximum absolute atomic E-state index is 6.71. The number of aromatic nitrogens is 3. The Kier molecular flexibility index (Phi) is 6.64. The van der Waals surface area contributed by atoms with E-state index in [2.05, 4.69) is 115 Å². The zero-order valence-electron chi connectivity index (χ0n) is 26.7. The lowest BCUT2D eigenvalue weighted by atomic mass is 9.98. The van der Waals surface area contributed by atoms with E-state index in [9.17, 15) is 0 Å². The fraction of sp³-hybridized carbons (Fsp3) is 0. The Balaban J connectivity index is 1.16. The minimum Gasteiger partial charge on any atom is -0.455 e. The van der Waals surface area contributed by atoms with Crippen LogP contribution >= 0.6 is 11.3 Å². The van der Waals surface area contributed by atoms with Crippen molar-refractivity contribution in [1.29, 1.82) is 0 Å². The van der Waals surface area contributed by atoms with Crippen molar-refractivity contribution in [3.8, 4) is 56.4 Å². The molecule has 4 nitrogen and oxygen atoms in total. The smallest absolute Gasteiger partial charge is 0.167 e. The summed E-state index contributed by atoms with van der Waals surface area (Å²) in [6.07, 6.45) is 0. The van der Waals surface area contributed by atoms with Crippen LogP contribution in [0.5, 0.6) is 0 Å². The Hall–Kier alpha value is -6.43. The maximum atomic E-state index is 6.71. The lowest BCUT2D eigenvalue weighted by Crippen LogP contribution is -2.00. The molecule has 10 aromatic rings. The number of benzene rings is 7. The molecule has 0 N–H and O–H groups in total. The monoisotopic (exact) mass is 657 g/mol. The van der Waals surface area contributed by atoms with E-state index in [-0.39, 0.29) is 0 Å². The normalized spacial score (nSPS) is 11.6. The van der Waals surface area contributed by atoms with Crippen molar-refractivity contribution in [2.45, 2.75) is 0 Å². The molecule has 0 aliphatic carbocycles. The van der Waals surface area contributed by atoms with Gasteiger partial charge in [-0.25, -0.2) is 15.0 Å². The van der Waals surface area contributed by atoms with Gasteiger partial charge in [0.2, 0.25) is 0 Å². The second kappa shape index (κ2) is 11.6. The summed E-state index contributed by atoms with van der Waals surface area (Å²) in [5, 5.41) is 4.70. The quantitative estimate of drug-likeness (QED) is 0.185. The Morgan fingerprint density at radius 2 is 1.00 bits per heavy atom. The molecular formula is C45H27N3OS. The average molecular weight is 658 g/mol. The highest BCUT2D eigenvalue weighted by Gasteiger charge is 2.20. The summed E-state index contributed by atoms with van der Waals surface area (Å²) >= 11 is 1.83. The number of nitrogens with zero attached hydrogens (tertiary/aromatic N) is 3. The summed E-state index contributed by atoms with van der Waals surface area (Å²) in [5.74, 6) is 1.79. The summed E-state index contributed by atoms with van der Waals surface area (Å²) in [6.45, 7) is 0. The summed E-state index contributed by atoms with van der Waals surface area (Å²) in [5.41, 5.74) is 8.79. The van der Waals surface area contributed by atoms with Crippen molar-refractivity contribution in [3.63, 3.8) is 0 Å². The van der Waals surface area contributed by atoms with Gasteiger partial charge in [-0.05, 0) is 52.6 Å². The summed E-state index contributed by atoms with van der Waals surface area (Å²) in [7, 11) is 0. The van der Waals surface area contributed by atoms with E-state index >= 15 is 0 Å². The molecule has 7 aromatic carbocycles. The molecule has 0 fully saturated rings. The van der Waals surface area contributed by atoms with Gasteiger partial charge in [-0.1, -0.05) is 133 Å². The minimum atomic E-state index is 0.567. The molecule has 0 saturated carbocycles. The lowest BCUT2D eigenvalue weighted by molar-refractivity contribution is 0.669. The molecule has 0 spiro atoms. The van der Waals surface area contributed by atoms with Crippen LogP contribution < -0.4 is 0 Å². The summed E-state index contributed by atoms with van der Waals surface area (Å²) < 4.78 is 9.28. The van der Waals surface area contributed by atoms with E-state index in [0.717, 1.165) is 60.9 Å². The van der Waals surface area contributed by atoms with Crippen LogP contribution in [0.4, 0.5) is 0 Å². The number of hydrogen-bond donors (Lipinski definition) is 0. The first-order valence-corrected chi connectivity index (χ1v) is 17.4. The summed E-state index contributed by atoms with van der Waals surface area (Å²) in [4.78, 5) is 15.2. The van der Waals surface area contributed by atoms with E-state index in [1.54, 1.807) is 0 Å². The third-order valence-corrected chi connectivity index (χ3v) is 10.5. The molecule has 10 rings (SSSR count). The molecule has 3 heterocycles. The largest absolute Gasteiger partial charge is 0.455 e. The fourth-order valence-corrected chi connectivity index (χ4v) is 8.11. The number of para-hydroxylation sites is 1. The van der Waals surface area contributed by atoms with Crippen LogP contribution in [0.2, 0.25) is 0 Å². The van der Waals surface area contributed by atoms with Gasteiger partial charge in [0.1, 0.15) is 11.2 Å². The first-order chi connectivity index (χ1) is 24.8. The number of furan rings is 1. The van der Waals surface area contributed by atoms with Crippen LogP contribution in [0.3, 0.4) is 0 Å². The molecule has 50 heavy (non-hydrogen) atoms. The molecule has 234 valence electrons. The van der Waals surface area contributed by atoms with Crippen LogP contribution in [0.25, 0.3) is 98.5 Å². The van der Waals surface area contributed by atoms with E-state index in [1.807, 2.05) is 59.9 Å². The van der Waals surface area contributed by atoms with Gasteiger partial charge < -0.3 is 4.42 Å². The third kappa shape index (κ3) is 4.79. The zero-order valence-corrected chi connectivity index (χ0v) is 27.6. The Bertz CT molecular complexity index is 2870. The SMILES string of the molecule is c1ccc(-c2cccc(-c3nc(-c4ccccc4)nc(-c4cccc5c4oc4cccc(-c6ccc7c(c6)sc6ccccc67)c45)n3)c2)cc1. The molecule has 3 aromatic heterocycles. The predicted molar refractivity (Wildman–Crippen MR) is 207 cm³/mol. The molecule has 0 aliphatic rings. The molecule has 0 unspecified atom stereocenters. The summed E-state index contributed by atoms with van der Waals surface area (Å²) in [6, 6.07) is 56.8. The number of thiophene rings is 1. The van der Waals surface area contributed by atoms with E-state index in [0.29, 0.717) is 17.5 Å². The molecule has 0 atom stereocenters. The van der Waals surface area contributed by atoms with Gasteiger partial charge in [0.25, 0.3) is 0 Å². The van der Waals surface area contributed by atoms with Gasteiger partial charge in [0, 0.05) is 42.1 Å². The lowest BCUT2D eigenvalue weighted by Gasteiger charge is -2.10. The van der Waals surface area contributed by atoms with Crippen LogP contribution in [-0.2, 0) is 0 Å². The van der Waals surface area contributed by atoms with Crippen molar-refractivity contribution in [1.82, 2.24) is 15.0 Å². The number of fused-ring (bicyclic) bond motifs is 6. The second-order valence-corrected chi connectivity index (χ2v) is 13.5. The Morgan fingerprint density at radius 3 is 1.86 bits per heavy atom. The molecule has 0 bridgehead atoms. The molecule has 0 amide bonds. The van der Waals surface area contributed by atoms with E-state index < -0.39 is 0 Å². The maximum Gasteiger partial charge on any atom is 0.167 e. The van der Waals surface area contributed by atoms with Crippen molar-refractivity contribution in [3.05, 3.63) is 164 Å². The molecule has 0 radical (unpaired) electrons. The van der Waals surface area contributed by atoms with Gasteiger partial charge in [-0.15, -0.1) is 11.3 Å². The molecular weight excluding hydrogens is 631 g/mol. The highest BCUT2D eigenvalue weighted by molar-refractivity contribution is 7.25. The molecule has 0 saturated heterocycles. The van der Waals surface area contributed by atoms with E-state index in [4.69, 9.17) is 19.4 Å². The van der Waals surface area contributed by atoms with Crippen LogP contribution in [0.15, 0.2) is 168 Å². The van der Waals surface area contributed by atoms with E-state index in [1.165, 1.54) is 20.2 Å². The fourth-order valence-electron chi connectivity index (χ4n) is 6.97. The zero-order chi connectivity index (χ0) is 33.0. The van der Waals surface area contributed by atoms with Crippen molar-refractivity contribution in [2.24, 2.45) is 0 Å². The van der Waals surface area contributed by atoms with Crippen molar-refractivity contribution < 1.29 is 4.42 Å². The molecule has 0 aliphatic heterocycles. The second-order valence-electron chi connectivity index (χ2n) is 12.4. The molecule has 5 heteroatoms. The number of hydrogen-bond acceptors (Lipinski definition) is 5. The van der Waals surface area contributed by atoms with Crippen LogP contribution in [0.1, 0.15) is 0 Å². The van der Waals surface area contributed by atoms with Crippen molar-refractivity contribution in [2.75, 3.05) is 0 Å². The van der Waals surface area contributed by atoms with Gasteiger partial charge in [0.15, 0.2) is 17.5 Å². The topological polar surface area (TPSA) is 51.8 Å². The van der Waals surface area contributed by atoms with Crippen molar-refractivity contribution >= 4 is 53.4 Å². The third-order valence-electron chi connectivity index (χ3n) is 9.35. The highest BCUT2D eigenvalue weighted by Crippen LogP contribution is 2.42. The van der Waals surface area contributed by atoms with Gasteiger partial charge in [-0.3, -0.25) is 0 Å². The van der Waals surface area contributed by atoms with Gasteiger partial charge in [0.05, 0.1) is 5.56 Å². The first-order valence-electron chi connectivity index (χ1n) is 16.6. The van der Waals surface area contributed by atoms with Gasteiger partial charge >= 0.3 is 0 Å². The predicted octanol–water partition coefficient (Wildman–Crippen LogP) is 12.5. The minimum absolute atomic E-state index is 0.567. The van der Waals surface area contributed by atoms with Gasteiger partial charge in [-0.2, -0.15) is 0 Å². The van der Waals surface area contributed by atoms with Crippen LogP contribution in [0, 0.1) is 0 Å². The average Bonchev–Trinajstić information content (AvgIpc) is 3.77. The number of rotatable bonds is 5. The highest BCUT2D eigenvalue weighted by atomic mass is 32.1.